The molecule has 0 saturated carbocycles. The van der Waals surface area contributed by atoms with Gasteiger partial charge in [-0.25, -0.2) is 0 Å². The molecule has 0 aliphatic rings. The van der Waals surface area contributed by atoms with Crippen molar-refractivity contribution in [2.45, 2.75) is 13.0 Å². The highest BCUT2D eigenvalue weighted by atomic mass is 35.5. The summed E-state index contributed by atoms with van der Waals surface area (Å²) in [5, 5.41) is 5.58. The average Bonchev–Trinajstić information content (AvgIpc) is 2.38. The molecule has 19 heavy (non-hydrogen) atoms. The van der Waals surface area contributed by atoms with Crippen LogP contribution in [0.5, 0.6) is 0 Å². The van der Waals surface area contributed by atoms with Gasteiger partial charge in [0.1, 0.15) is 0 Å². The van der Waals surface area contributed by atoms with E-state index in [1.165, 1.54) is 0 Å². The summed E-state index contributed by atoms with van der Waals surface area (Å²) in [6.45, 7) is 1.98. The minimum absolute atomic E-state index is 0.0397. The Bertz CT molecular complexity index is 598. The van der Waals surface area contributed by atoms with Crippen LogP contribution in [0, 0.1) is 0 Å². The van der Waals surface area contributed by atoms with Gasteiger partial charge in [-0.05, 0) is 42.8 Å². The van der Waals surface area contributed by atoms with Gasteiger partial charge in [0.2, 0.25) is 0 Å². The number of hydrogen-bond acceptors (Lipinski definition) is 1. The third kappa shape index (κ3) is 3.49. The molecule has 2 aromatic rings. The first-order chi connectivity index (χ1) is 8.99. The van der Waals surface area contributed by atoms with Crippen LogP contribution in [-0.4, -0.2) is 0 Å². The highest BCUT2D eigenvalue weighted by molar-refractivity contribution is 6.43. The topological polar surface area (TPSA) is 12.0 Å². The van der Waals surface area contributed by atoms with Crippen LogP contribution >= 0.6 is 46.4 Å². The molecule has 0 aliphatic carbocycles. The Hall–Kier alpha value is -0.600. The predicted molar refractivity (Wildman–Crippen MR) is 85.0 cm³/mol. The molecule has 2 rings (SSSR count). The van der Waals surface area contributed by atoms with Gasteiger partial charge in [-0.15, -0.1) is 0 Å². The van der Waals surface area contributed by atoms with Crippen LogP contribution in [0.3, 0.4) is 0 Å². The normalized spacial score (nSPS) is 12.3. The fourth-order valence-electron chi connectivity index (χ4n) is 1.77. The van der Waals surface area contributed by atoms with E-state index in [1.807, 2.05) is 25.1 Å². The van der Waals surface area contributed by atoms with Crippen molar-refractivity contribution < 1.29 is 0 Å². The van der Waals surface area contributed by atoms with Gasteiger partial charge in [-0.2, -0.15) is 0 Å². The van der Waals surface area contributed by atoms with E-state index in [0.717, 1.165) is 11.3 Å². The Labute approximate surface area is 132 Å². The van der Waals surface area contributed by atoms with E-state index in [4.69, 9.17) is 46.4 Å². The number of anilines is 1. The molecule has 1 N–H and O–H groups in total. The van der Waals surface area contributed by atoms with E-state index in [9.17, 15) is 0 Å². The van der Waals surface area contributed by atoms with Gasteiger partial charge in [0.15, 0.2) is 0 Å². The molecule has 0 aromatic heterocycles. The standard InChI is InChI=1S/C14H11Cl4N/c1-8(10-7-9(15)5-6-11(10)16)19-13-4-2-3-12(17)14(13)18/h2-8,19H,1H3. The van der Waals surface area contributed by atoms with Gasteiger partial charge in [0, 0.05) is 10.0 Å². The molecule has 1 unspecified atom stereocenters. The van der Waals surface area contributed by atoms with E-state index < -0.39 is 0 Å². The Morgan fingerprint density at radius 2 is 1.68 bits per heavy atom. The molecule has 0 bridgehead atoms. The summed E-state index contributed by atoms with van der Waals surface area (Å²) in [5.41, 5.74) is 1.67. The summed E-state index contributed by atoms with van der Waals surface area (Å²) in [6.07, 6.45) is 0. The first-order valence-electron chi connectivity index (χ1n) is 5.64. The second-order valence-corrected chi connectivity index (χ2v) is 5.76. The average molecular weight is 335 g/mol. The smallest absolute Gasteiger partial charge is 0.0823 e. The van der Waals surface area contributed by atoms with Crippen LogP contribution in [0.4, 0.5) is 5.69 Å². The first-order valence-corrected chi connectivity index (χ1v) is 7.15. The Kier molecular flexibility index (Phi) is 4.86. The zero-order chi connectivity index (χ0) is 14.0. The van der Waals surface area contributed by atoms with Crippen molar-refractivity contribution in [2.24, 2.45) is 0 Å². The van der Waals surface area contributed by atoms with Gasteiger partial charge >= 0.3 is 0 Å². The second kappa shape index (κ2) is 6.23. The van der Waals surface area contributed by atoms with Crippen molar-refractivity contribution in [1.82, 2.24) is 0 Å². The molecule has 2 aromatic carbocycles. The maximum Gasteiger partial charge on any atom is 0.0823 e. The summed E-state index contributed by atoms with van der Waals surface area (Å²) in [7, 11) is 0. The van der Waals surface area contributed by atoms with E-state index in [1.54, 1.807) is 18.2 Å². The zero-order valence-electron chi connectivity index (χ0n) is 10.1. The van der Waals surface area contributed by atoms with Crippen LogP contribution in [0.25, 0.3) is 0 Å². The SMILES string of the molecule is CC(Nc1cccc(Cl)c1Cl)c1cc(Cl)ccc1Cl. The minimum Gasteiger partial charge on any atom is -0.377 e. The molecule has 0 heterocycles. The lowest BCUT2D eigenvalue weighted by Gasteiger charge is -2.18. The monoisotopic (exact) mass is 333 g/mol. The molecule has 0 spiro atoms. The summed E-state index contributed by atoms with van der Waals surface area (Å²) in [6, 6.07) is 10.8. The molecule has 5 heteroatoms. The molecule has 0 fully saturated rings. The maximum atomic E-state index is 6.17. The quantitative estimate of drug-likeness (QED) is 0.677. The largest absolute Gasteiger partial charge is 0.377 e. The Morgan fingerprint density at radius 3 is 2.42 bits per heavy atom. The first kappa shape index (κ1) is 14.8. The van der Waals surface area contributed by atoms with Crippen molar-refractivity contribution >= 4 is 52.1 Å². The number of rotatable bonds is 3. The van der Waals surface area contributed by atoms with Gasteiger partial charge in [-0.3, -0.25) is 0 Å². The summed E-state index contributed by atoms with van der Waals surface area (Å²) < 4.78 is 0. The molecule has 0 saturated heterocycles. The van der Waals surface area contributed by atoms with Crippen LogP contribution < -0.4 is 5.32 Å². The van der Waals surface area contributed by atoms with E-state index in [0.29, 0.717) is 20.1 Å². The van der Waals surface area contributed by atoms with Gasteiger partial charge in [0.05, 0.1) is 21.8 Å². The van der Waals surface area contributed by atoms with Gasteiger partial charge < -0.3 is 5.32 Å². The number of nitrogens with one attached hydrogen (secondary N) is 1. The lowest BCUT2D eigenvalue weighted by Crippen LogP contribution is -2.07. The fourth-order valence-corrected chi connectivity index (χ4v) is 2.59. The fraction of sp³-hybridized carbons (Fsp3) is 0.143. The highest BCUT2D eigenvalue weighted by Gasteiger charge is 2.12. The number of halogens is 4. The molecule has 0 aliphatic heterocycles. The third-order valence-electron chi connectivity index (χ3n) is 2.75. The summed E-state index contributed by atoms with van der Waals surface area (Å²) in [4.78, 5) is 0. The number of hydrogen-bond donors (Lipinski definition) is 1. The molecule has 0 amide bonds. The minimum atomic E-state index is -0.0397. The molecule has 1 atom stereocenters. The Morgan fingerprint density at radius 1 is 0.947 bits per heavy atom. The van der Waals surface area contributed by atoms with Crippen molar-refractivity contribution in [3.8, 4) is 0 Å². The lowest BCUT2D eigenvalue weighted by molar-refractivity contribution is 0.885. The van der Waals surface area contributed by atoms with Crippen molar-refractivity contribution in [1.29, 1.82) is 0 Å². The zero-order valence-corrected chi connectivity index (χ0v) is 13.1. The van der Waals surface area contributed by atoms with Crippen LogP contribution in [0.1, 0.15) is 18.5 Å². The Balaban J connectivity index is 2.28. The van der Waals surface area contributed by atoms with Gasteiger partial charge in [-0.1, -0.05) is 52.5 Å². The maximum absolute atomic E-state index is 6.17. The molecular formula is C14H11Cl4N. The molecule has 0 radical (unpaired) electrons. The molecule has 100 valence electrons. The van der Waals surface area contributed by atoms with Crippen LogP contribution in [-0.2, 0) is 0 Å². The van der Waals surface area contributed by atoms with E-state index in [-0.39, 0.29) is 6.04 Å². The number of benzene rings is 2. The summed E-state index contributed by atoms with van der Waals surface area (Å²) >= 11 is 24.3. The van der Waals surface area contributed by atoms with Crippen LogP contribution in [0.15, 0.2) is 36.4 Å². The van der Waals surface area contributed by atoms with E-state index >= 15 is 0 Å². The van der Waals surface area contributed by atoms with Crippen molar-refractivity contribution in [3.05, 3.63) is 62.1 Å². The molecule has 1 nitrogen and oxygen atoms in total. The van der Waals surface area contributed by atoms with E-state index in [2.05, 4.69) is 5.32 Å². The summed E-state index contributed by atoms with van der Waals surface area (Å²) in [5.74, 6) is 0. The van der Waals surface area contributed by atoms with Crippen LogP contribution in [0.2, 0.25) is 20.1 Å². The highest BCUT2D eigenvalue weighted by Crippen LogP contribution is 2.34. The predicted octanol–water partition coefficient (Wildman–Crippen LogP) is 6.47. The molecular weight excluding hydrogens is 324 g/mol. The third-order valence-corrected chi connectivity index (χ3v) is 4.15. The second-order valence-electron chi connectivity index (χ2n) is 4.13. The van der Waals surface area contributed by atoms with Gasteiger partial charge in [0.25, 0.3) is 0 Å². The van der Waals surface area contributed by atoms with Crippen molar-refractivity contribution in [2.75, 3.05) is 5.32 Å². The lowest BCUT2D eigenvalue weighted by atomic mass is 10.1. The van der Waals surface area contributed by atoms with Crippen molar-refractivity contribution in [3.63, 3.8) is 0 Å².